The van der Waals surface area contributed by atoms with E-state index < -0.39 is 10.0 Å². The number of rotatable bonds is 7. The van der Waals surface area contributed by atoms with Crippen molar-refractivity contribution in [3.63, 3.8) is 0 Å². The molecule has 0 bridgehead atoms. The molecule has 0 unspecified atom stereocenters. The summed E-state index contributed by atoms with van der Waals surface area (Å²) in [7, 11) is -3.38. The largest absolute Gasteiger partial charge is 0.454 e. The van der Waals surface area contributed by atoms with E-state index in [9.17, 15) is 8.42 Å². The molecule has 0 radical (unpaired) electrons. The molecule has 0 atom stereocenters. The van der Waals surface area contributed by atoms with E-state index in [1.807, 2.05) is 23.6 Å². The molecule has 0 aliphatic carbocycles. The molecule has 154 valence electrons. The number of sulfonamides is 1. The summed E-state index contributed by atoms with van der Waals surface area (Å²) in [5, 5.41) is 0.645. The van der Waals surface area contributed by atoms with Crippen molar-refractivity contribution >= 4 is 55.5 Å². The van der Waals surface area contributed by atoms with Gasteiger partial charge in [0.15, 0.2) is 22.3 Å². The number of aromatic nitrogens is 4. The van der Waals surface area contributed by atoms with Crippen LogP contribution in [-0.4, -0.2) is 47.0 Å². The van der Waals surface area contributed by atoms with Gasteiger partial charge in [-0.1, -0.05) is 18.7 Å². The minimum atomic E-state index is -3.38. The summed E-state index contributed by atoms with van der Waals surface area (Å²) >= 11 is 3.67. The van der Waals surface area contributed by atoms with Crippen LogP contribution in [0.4, 0.5) is 0 Å². The van der Waals surface area contributed by atoms with Gasteiger partial charge < -0.3 is 14.0 Å². The second kappa shape index (κ2) is 8.24. The number of hydrogen-bond acceptors (Lipinski definition) is 8. The third kappa shape index (κ3) is 4.29. The SMILES string of the molecule is CCNS(=O)(=O)CCn1c(Sc2cc3c(cc2I)OCO3)nc2c(C)ncnc21. The predicted molar refractivity (Wildman–Crippen MR) is 117 cm³/mol. The Hall–Kier alpha value is -1.64. The molecule has 4 rings (SSSR count). The molecule has 29 heavy (non-hydrogen) atoms. The van der Waals surface area contributed by atoms with E-state index in [4.69, 9.17) is 14.5 Å². The monoisotopic (exact) mass is 547 g/mol. The van der Waals surface area contributed by atoms with Gasteiger partial charge in [0.1, 0.15) is 11.8 Å². The number of halogens is 1. The number of imidazole rings is 1. The molecule has 0 fully saturated rings. The molecular formula is C17H18IN5O4S2. The van der Waals surface area contributed by atoms with Crippen molar-refractivity contribution in [3.05, 3.63) is 27.7 Å². The Morgan fingerprint density at radius 1 is 1.28 bits per heavy atom. The lowest BCUT2D eigenvalue weighted by Crippen LogP contribution is -2.28. The van der Waals surface area contributed by atoms with Crippen molar-refractivity contribution in [3.8, 4) is 11.5 Å². The van der Waals surface area contributed by atoms with E-state index in [1.165, 1.54) is 18.1 Å². The van der Waals surface area contributed by atoms with Crippen molar-refractivity contribution in [2.45, 2.75) is 30.4 Å². The second-order valence-electron chi connectivity index (χ2n) is 6.23. The molecule has 3 aromatic rings. The number of ether oxygens (including phenoxy) is 2. The first kappa shape index (κ1) is 20.6. The standard InChI is InChI=1S/C17H18IN5O4S2/c1-3-21-29(24,25)5-4-23-16-15(10(2)19-8-20-16)22-17(23)28-14-7-13-12(6-11(14)18)26-9-27-13/h6-8,21H,3-5,9H2,1-2H3. The third-order valence-electron chi connectivity index (χ3n) is 4.26. The summed E-state index contributed by atoms with van der Waals surface area (Å²) in [6.45, 7) is 4.39. The van der Waals surface area contributed by atoms with Crippen LogP contribution in [0.15, 0.2) is 28.5 Å². The summed E-state index contributed by atoms with van der Waals surface area (Å²) in [5.41, 5.74) is 2.01. The topological polar surface area (TPSA) is 108 Å². The van der Waals surface area contributed by atoms with E-state index >= 15 is 0 Å². The Balaban J connectivity index is 1.73. The van der Waals surface area contributed by atoms with Crippen LogP contribution in [0.2, 0.25) is 0 Å². The first-order valence-electron chi connectivity index (χ1n) is 8.80. The van der Waals surface area contributed by atoms with Crippen molar-refractivity contribution in [1.29, 1.82) is 0 Å². The number of nitrogens with one attached hydrogen (secondary N) is 1. The lowest BCUT2D eigenvalue weighted by Gasteiger charge is -2.10. The fourth-order valence-electron chi connectivity index (χ4n) is 2.89. The van der Waals surface area contributed by atoms with Crippen molar-refractivity contribution in [2.24, 2.45) is 0 Å². The Kier molecular flexibility index (Phi) is 5.86. The number of fused-ring (bicyclic) bond motifs is 2. The number of benzene rings is 1. The predicted octanol–water partition coefficient (Wildman–Crippen LogP) is 2.56. The highest BCUT2D eigenvalue weighted by Gasteiger charge is 2.21. The van der Waals surface area contributed by atoms with Crippen LogP contribution in [0.5, 0.6) is 11.5 Å². The van der Waals surface area contributed by atoms with Crippen molar-refractivity contribution < 1.29 is 17.9 Å². The average Bonchev–Trinajstić information content (AvgIpc) is 3.25. The highest BCUT2D eigenvalue weighted by atomic mass is 127. The van der Waals surface area contributed by atoms with Gasteiger partial charge in [-0.15, -0.1) is 0 Å². The summed E-state index contributed by atoms with van der Waals surface area (Å²) in [4.78, 5) is 14.2. The fraction of sp³-hybridized carbons (Fsp3) is 0.353. The van der Waals surface area contributed by atoms with Gasteiger partial charge in [-0.05, 0) is 41.6 Å². The number of aryl methyl sites for hydroxylation is 2. The van der Waals surface area contributed by atoms with Gasteiger partial charge in [0.05, 0.1) is 11.4 Å². The van der Waals surface area contributed by atoms with Gasteiger partial charge in [0.25, 0.3) is 0 Å². The second-order valence-corrected chi connectivity index (χ2v) is 10.3. The van der Waals surface area contributed by atoms with Crippen LogP contribution in [-0.2, 0) is 16.6 Å². The van der Waals surface area contributed by atoms with E-state index in [0.717, 1.165) is 14.2 Å². The molecule has 1 aliphatic rings. The first-order chi connectivity index (χ1) is 13.9. The van der Waals surface area contributed by atoms with Gasteiger partial charge in [0.2, 0.25) is 16.8 Å². The molecule has 12 heteroatoms. The highest BCUT2D eigenvalue weighted by molar-refractivity contribution is 14.1. The van der Waals surface area contributed by atoms with E-state index in [1.54, 1.807) is 6.92 Å². The Labute approximate surface area is 185 Å². The van der Waals surface area contributed by atoms with E-state index in [0.29, 0.717) is 34.4 Å². The van der Waals surface area contributed by atoms with Crippen LogP contribution in [0, 0.1) is 10.5 Å². The van der Waals surface area contributed by atoms with E-state index in [-0.39, 0.29) is 19.1 Å². The van der Waals surface area contributed by atoms with E-state index in [2.05, 4.69) is 37.3 Å². The molecule has 0 spiro atoms. The van der Waals surface area contributed by atoms with Crippen LogP contribution in [0.1, 0.15) is 12.6 Å². The molecule has 1 aromatic carbocycles. The molecule has 2 aromatic heterocycles. The quantitative estimate of drug-likeness (QED) is 0.450. The zero-order valence-electron chi connectivity index (χ0n) is 15.7. The van der Waals surface area contributed by atoms with Crippen molar-refractivity contribution in [2.75, 3.05) is 19.1 Å². The zero-order chi connectivity index (χ0) is 20.6. The lowest BCUT2D eigenvalue weighted by molar-refractivity contribution is 0.174. The summed E-state index contributed by atoms with van der Waals surface area (Å²) in [6.07, 6.45) is 1.47. The maximum absolute atomic E-state index is 12.2. The van der Waals surface area contributed by atoms with Gasteiger partial charge >= 0.3 is 0 Å². The lowest BCUT2D eigenvalue weighted by atomic mass is 10.3. The Morgan fingerprint density at radius 3 is 2.79 bits per heavy atom. The molecule has 0 amide bonds. The third-order valence-corrected chi connectivity index (χ3v) is 8.02. The smallest absolute Gasteiger partial charge is 0.231 e. The van der Waals surface area contributed by atoms with Crippen LogP contribution < -0.4 is 14.2 Å². The van der Waals surface area contributed by atoms with Crippen LogP contribution >= 0.6 is 34.4 Å². The van der Waals surface area contributed by atoms with Gasteiger partial charge in [-0.3, -0.25) is 0 Å². The van der Waals surface area contributed by atoms with Gasteiger partial charge in [-0.2, -0.15) is 0 Å². The highest BCUT2D eigenvalue weighted by Crippen LogP contribution is 2.41. The average molecular weight is 547 g/mol. The molecule has 9 nitrogen and oxygen atoms in total. The molecular weight excluding hydrogens is 529 g/mol. The Bertz CT molecular complexity index is 1180. The normalized spacial score (nSPS) is 13.3. The molecule has 0 saturated carbocycles. The molecule has 3 heterocycles. The number of hydrogen-bond donors (Lipinski definition) is 1. The first-order valence-corrected chi connectivity index (χ1v) is 12.3. The number of nitrogens with zero attached hydrogens (tertiary/aromatic N) is 4. The Morgan fingerprint density at radius 2 is 2.03 bits per heavy atom. The minimum Gasteiger partial charge on any atom is -0.454 e. The summed E-state index contributed by atoms with van der Waals surface area (Å²) < 4.78 is 40.6. The summed E-state index contributed by atoms with van der Waals surface area (Å²) in [6, 6.07) is 3.82. The molecule has 0 saturated heterocycles. The van der Waals surface area contributed by atoms with Crippen LogP contribution in [0.3, 0.4) is 0 Å². The summed E-state index contributed by atoms with van der Waals surface area (Å²) in [5.74, 6) is 1.33. The van der Waals surface area contributed by atoms with Crippen LogP contribution in [0.25, 0.3) is 11.2 Å². The maximum atomic E-state index is 12.2. The zero-order valence-corrected chi connectivity index (χ0v) is 19.5. The maximum Gasteiger partial charge on any atom is 0.231 e. The minimum absolute atomic E-state index is 0.0683. The fourth-order valence-corrected chi connectivity index (χ4v) is 5.61. The molecule has 1 aliphatic heterocycles. The van der Waals surface area contributed by atoms with Crippen molar-refractivity contribution in [1.82, 2.24) is 24.2 Å². The van der Waals surface area contributed by atoms with Gasteiger partial charge in [0, 0.05) is 21.6 Å². The molecule has 1 N–H and O–H groups in total. The van der Waals surface area contributed by atoms with Gasteiger partial charge in [-0.25, -0.2) is 28.1 Å².